The molecule has 0 bridgehead atoms. The van der Waals surface area contributed by atoms with Gasteiger partial charge >= 0.3 is 5.69 Å². The van der Waals surface area contributed by atoms with Crippen LogP contribution in [-0.2, 0) is 13.6 Å². The van der Waals surface area contributed by atoms with Crippen molar-refractivity contribution in [2.45, 2.75) is 6.54 Å². The van der Waals surface area contributed by atoms with Crippen LogP contribution in [0.2, 0.25) is 0 Å². The van der Waals surface area contributed by atoms with Crippen molar-refractivity contribution < 1.29 is 0 Å². The lowest BCUT2D eigenvalue weighted by Crippen LogP contribution is -2.40. The number of aromatic nitrogens is 2. The van der Waals surface area contributed by atoms with E-state index in [1.54, 1.807) is 31.3 Å². The molecule has 0 saturated carbocycles. The Morgan fingerprint density at radius 3 is 2.53 bits per heavy atom. The van der Waals surface area contributed by atoms with Gasteiger partial charge in [-0.05, 0) is 12.1 Å². The van der Waals surface area contributed by atoms with Crippen LogP contribution in [0.25, 0.3) is 10.9 Å². The van der Waals surface area contributed by atoms with E-state index in [0.717, 1.165) is 0 Å². The highest BCUT2D eigenvalue weighted by Gasteiger charge is 2.08. The summed E-state index contributed by atoms with van der Waals surface area (Å²) in [6.07, 6.45) is 0. The van der Waals surface area contributed by atoms with Crippen molar-refractivity contribution in [1.82, 2.24) is 9.13 Å². The van der Waals surface area contributed by atoms with Crippen LogP contribution < -0.4 is 17.0 Å². The van der Waals surface area contributed by atoms with Crippen LogP contribution in [0.3, 0.4) is 0 Å². The smallest absolute Gasteiger partial charge is 0.329 e. The minimum Gasteiger partial charge on any atom is -0.329 e. The summed E-state index contributed by atoms with van der Waals surface area (Å²) >= 11 is 0. The second kappa shape index (κ2) is 5.16. The normalized spacial score (nSPS) is 10.2. The van der Waals surface area contributed by atoms with Crippen molar-refractivity contribution >= 4 is 23.3 Å². The van der Waals surface area contributed by atoms with E-state index in [1.165, 1.54) is 9.13 Å². The van der Waals surface area contributed by atoms with Crippen LogP contribution in [-0.4, -0.2) is 15.7 Å². The Kier molecular flexibility index (Phi) is 4.09. The standard InChI is InChI=1S/C11H13N3O2.ClH/c1-13-9-5-3-2-4-8(9)10(15)14(7-6-12)11(13)16;/h2-5H,6-7,12H2,1H3;1H. The highest BCUT2D eigenvalue weighted by Crippen LogP contribution is 2.05. The van der Waals surface area contributed by atoms with E-state index in [1.807, 2.05) is 0 Å². The minimum absolute atomic E-state index is 0. The monoisotopic (exact) mass is 255 g/mol. The average Bonchev–Trinajstić information content (AvgIpc) is 2.32. The highest BCUT2D eigenvalue weighted by atomic mass is 35.5. The van der Waals surface area contributed by atoms with Gasteiger partial charge in [0.15, 0.2) is 0 Å². The van der Waals surface area contributed by atoms with Crippen molar-refractivity contribution in [2.75, 3.05) is 6.54 Å². The third-order valence-electron chi connectivity index (χ3n) is 2.61. The van der Waals surface area contributed by atoms with Crippen LogP contribution in [0.5, 0.6) is 0 Å². The number of para-hydroxylation sites is 1. The van der Waals surface area contributed by atoms with Crippen molar-refractivity contribution in [2.24, 2.45) is 12.8 Å². The molecule has 17 heavy (non-hydrogen) atoms. The van der Waals surface area contributed by atoms with Gasteiger partial charge in [-0.15, -0.1) is 12.4 Å². The number of nitrogens with two attached hydrogens (primary N) is 1. The van der Waals surface area contributed by atoms with E-state index in [9.17, 15) is 9.59 Å². The lowest BCUT2D eigenvalue weighted by Gasteiger charge is -2.09. The number of benzene rings is 1. The largest absolute Gasteiger partial charge is 0.331 e. The molecule has 0 spiro atoms. The zero-order valence-corrected chi connectivity index (χ0v) is 10.2. The van der Waals surface area contributed by atoms with E-state index >= 15 is 0 Å². The maximum atomic E-state index is 12.0. The molecule has 0 unspecified atom stereocenters. The molecule has 0 fully saturated rings. The molecule has 2 N–H and O–H groups in total. The van der Waals surface area contributed by atoms with Gasteiger partial charge in [-0.25, -0.2) is 4.79 Å². The summed E-state index contributed by atoms with van der Waals surface area (Å²) in [5, 5.41) is 0.540. The van der Waals surface area contributed by atoms with Crippen LogP contribution >= 0.6 is 12.4 Å². The van der Waals surface area contributed by atoms with Crippen molar-refractivity contribution in [3.05, 3.63) is 45.1 Å². The fraction of sp³-hybridized carbons (Fsp3) is 0.273. The van der Waals surface area contributed by atoms with Gasteiger partial charge in [0.25, 0.3) is 5.56 Å². The van der Waals surface area contributed by atoms with E-state index < -0.39 is 0 Å². The predicted octanol–water partition coefficient (Wildman–Crippen LogP) is 0.0807. The first-order valence-electron chi connectivity index (χ1n) is 5.05. The first-order chi connectivity index (χ1) is 7.66. The highest BCUT2D eigenvalue weighted by molar-refractivity contribution is 5.85. The fourth-order valence-corrected chi connectivity index (χ4v) is 1.79. The number of hydrogen-bond acceptors (Lipinski definition) is 3. The first-order valence-corrected chi connectivity index (χ1v) is 5.05. The summed E-state index contributed by atoms with van der Waals surface area (Å²) in [5.74, 6) is 0. The summed E-state index contributed by atoms with van der Waals surface area (Å²) in [5.41, 5.74) is 5.43. The van der Waals surface area contributed by atoms with E-state index in [4.69, 9.17) is 5.73 Å². The second-order valence-corrected chi connectivity index (χ2v) is 3.60. The maximum absolute atomic E-state index is 12.0. The number of aryl methyl sites for hydroxylation is 1. The van der Waals surface area contributed by atoms with Gasteiger partial charge in [-0.2, -0.15) is 0 Å². The van der Waals surface area contributed by atoms with Gasteiger partial charge in [0.1, 0.15) is 0 Å². The third kappa shape index (κ3) is 2.11. The van der Waals surface area contributed by atoms with Gasteiger partial charge in [0.05, 0.1) is 10.9 Å². The topological polar surface area (TPSA) is 70.0 Å². The lowest BCUT2D eigenvalue weighted by molar-refractivity contribution is 0.613. The molecule has 6 heteroatoms. The molecule has 0 amide bonds. The number of halogens is 1. The summed E-state index contributed by atoms with van der Waals surface area (Å²) in [4.78, 5) is 23.8. The van der Waals surface area contributed by atoms with E-state index in [2.05, 4.69) is 0 Å². The quantitative estimate of drug-likeness (QED) is 0.826. The molecular formula is C11H14ClN3O2. The molecule has 0 saturated heterocycles. The van der Waals surface area contributed by atoms with E-state index in [0.29, 0.717) is 10.9 Å². The molecule has 1 aromatic heterocycles. The molecule has 0 atom stereocenters. The zero-order valence-electron chi connectivity index (χ0n) is 9.42. The van der Waals surface area contributed by atoms with Crippen molar-refractivity contribution in [3.8, 4) is 0 Å². The fourth-order valence-electron chi connectivity index (χ4n) is 1.79. The van der Waals surface area contributed by atoms with Gasteiger partial charge < -0.3 is 5.73 Å². The molecule has 2 aromatic rings. The summed E-state index contributed by atoms with van der Waals surface area (Å²) < 4.78 is 2.63. The van der Waals surface area contributed by atoms with Gasteiger partial charge in [-0.1, -0.05) is 12.1 Å². The molecule has 2 rings (SSSR count). The van der Waals surface area contributed by atoms with E-state index in [-0.39, 0.29) is 36.7 Å². The van der Waals surface area contributed by atoms with Gasteiger partial charge in [0, 0.05) is 20.1 Å². The Bertz CT molecular complexity index is 645. The van der Waals surface area contributed by atoms with Gasteiger partial charge in [0.2, 0.25) is 0 Å². The van der Waals surface area contributed by atoms with Crippen molar-refractivity contribution in [3.63, 3.8) is 0 Å². The van der Waals surface area contributed by atoms with Gasteiger partial charge in [-0.3, -0.25) is 13.9 Å². The molecular weight excluding hydrogens is 242 g/mol. The number of fused-ring (bicyclic) bond motifs is 1. The zero-order chi connectivity index (χ0) is 11.7. The number of hydrogen-bond donors (Lipinski definition) is 1. The van der Waals surface area contributed by atoms with Crippen LogP contribution in [0.1, 0.15) is 0 Å². The Labute approximate surface area is 104 Å². The number of rotatable bonds is 2. The molecule has 0 aliphatic rings. The minimum atomic E-state index is -0.325. The molecule has 92 valence electrons. The Morgan fingerprint density at radius 1 is 1.24 bits per heavy atom. The Hall–Kier alpha value is -1.59. The molecule has 1 aromatic carbocycles. The lowest BCUT2D eigenvalue weighted by atomic mass is 10.2. The van der Waals surface area contributed by atoms with Crippen LogP contribution in [0.15, 0.2) is 33.9 Å². The maximum Gasteiger partial charge on any atom is 0.331 e. The van der Waals surface area contributed by atoms with Crippen LogP contribution in [0, 0.1) is 0 Å². The SMILES string of the molecule is Cl.Cn1c(=O)n(CCN)c(=O)c2ccccc21. The predicted molar refractivity (Wildman–Crippen MR) is 69.8 cm³/mol. The molecule has 1 heterocycles. The molecule has 0 radical (unpaired) electrons. The van der Waals surface area contributed by atoms with Crippen molar-refractivity contribution in [1.29, 1.82) is 0 Å². The summed E-state index contributed by atoms with van der Waals surface area (Å²) in [6.45, 7) is 0.518. The van der Waals surface area contributed by atoms with Crippen LogP contribution in [0.4, 0.5) is 0 Å². The molecule has 5 nitrogen and oxygen atoms in total. The summed E-state index contributed by atoms with van der Waals surface area (Å²) in [6, 6.07) is 7.05. The average molecular weight is 256 g/mol. The number of nitrogens with zero attached hydrogens (tertiary/aromatic N) is 2. The Morgan fingerprint density at radius 2 is 1.88 bits per heavy atom. The Balaban J connectivity index is 0.00000144. The summed E-state index contributed by atoms with van der Waals surface area (Å²) in [7, 11) is 1.65. The first kappa shape index (κ1) is 13.5. The second-order valence-electron chi connectivity index (χ2n) is 3.60. The molecule has 0 aliphatic heterocycles. The molecule has 0 aliphatic carbocycles. The third-order valence-corrected chi connectivity index (χ3v) is 2.61.